The Labute approximate surface area is 193 Å². The first-order valence-electron chi connectivity index (χ1n) is 10.2. The van der Waals surface area contributed by atoms with Crippen molar-refractivity contribution < 1.29 is 32.3 Å². The van der Waals surface area contributed by atoms with E-state index in [0.29, 0.717) is 17.0 Å². The van der Waals surface area contributed by atoms with Gasteiger partial charge in [0.05, 0.1) is 5.56 Å². The number of benzene rings is 3. The Balaban J connectivity index is 1.63. The molecule has 6 nitrogen and oxygen atoms in total. The first kappa shape index (κ1) is 24.5. The number of alkyl halides is 3. The van der Waals surface area contributed by atoms with E-state index in [-0.39, 0.29) is 17.0 Å². The van der Waals surface area contributed by atoms with Crippen LogP contribution in [-0.4, -0.2) is 23.7 Å². The summed E-state index contributed by atoms with van der Waals surface area (Å²) in [6.45, 7) is 2.98. The van der Waals surface area contributed by atoms with Crippen LogP contribution in [0.4, 0.5) is 24.5 Å². The van der Waals surface area contributed by atoms with Crippen molar-refractivity contribution in [2.24, 2.45) is 0 Å². The summed E-state index contributed by atoms with van der Waals surface area (Å²) < 4.78 is 44.2. The molecule has 0 spiro atoms. The predicted octanol–water partition coefficient (Wildman–Crippen LogP) is 5.57. The van der Waals surface area contributed by atoms with Crippen LogP contribution in [0.3, 0.4) is 0 Å². The van der Waals surface area contributed by atoms with Crippen molar-refractivity contribution in [3.05, 3.63) is 89.5 Å². The maximum absolute atomic E-state index is 12.9. The van der Waals surface area contributed by atoms with Gasteiger partial charge < -0.3 is 15.4 Å². The number of ketones is 1. The summed E-state index contributed by atoms with van der Waals surface area (Å²) >= 11 is 0. The fraction of sp³-hybridized carbons (Fsp3) is 0.160. The van der Waals surface area contributed by atoms with Crippen LogP contribution < -0.4 is 15.4 Å². The van der Waals surface area contributed by atoms with Gasteiger partial charge >= 0.3 is 6.18 Å². The van der Waals surface area contributed by atoms with Gasteiger partial charge in [0, 0.05) is 22.5 Å². The van der Waals surface area contributed by atoms with E-state index in [1.807, 2.05) is 0 Å². The third-order valence-corrected chi connectivity index (χ3v) is 4.78. The van der Waals surface area contributed by atoms with Gasteiger partial charge in [0.2, 0.25) is 0 Å². The van der Waals surface area contributed by atoms with Crippen molar-refractivity contribution in [1.82, 2.24) is 0 Å². The Morgan fingerprint density at radius 1 is 0.824 bits per heavy atom. The zero-order chi connectivity index (χ0) is 24.9. The SMILES string of the molecule is CC(=O)c1ccc(O[C@@H](C)C(=O)Nc2cccc(C(=O)Nc3cccc(C(F)(F)F)c3)c2)cc1. The highest BCUT2D eigenvalue weighted by Crippen LogP contribution is 2.30. The van der Waals surface area contributed by atoms with Gasteiger partial charge in [0.1, 0.15) is 5.75 Å². The van der Waals surface area contributed by atoms with Crippen molar-refractivity contribution in [1.29, 1.82) is 0 Å². The van der Waals surface area contributed by atoms with Crippen LogP contribution in [0.5, 0.6) is 5.75 Å². The lowest BCUT2D eigenvalue weighted by atomic mass is 10.1. The average Bonchev–Trinajstić information content (AvgIpc) is 2.79. The normalized spacial score (nSPS) is 11.9. The zero-order valence-electron chi connectivity index (χ0n) is 18.3. The number of carbonyl (C=O) groups is 3. The molecule has 1 atom stereocenters. The average molecular weight is 470 g/mol. The van der Waals surface area contributed by atoms with E-state index in [4.69, 9.17) is 4.74 Å². The van der Waals surface area contributed by atoms with Crippen LogP contribution in [0.25, 0.3) is 0 Å². The van der Waals surface area contributed by atoms with Crippen LogP contribution in [0.2, 0.25) is 0 Å². The quantitative estimate of drug-likeness (QED) is 0.443. The molecular weight excluding hydrogens is 449 g/mol. The summed E-state index contributed by atoms with van der Waals surface area (Å²) in [5.41, 5.74) is 0.0840. The lowest BCUT2D eigenvalue weighted by Crippen LogP contribution is -2.30. The highest BCUT2D eigenvalue weighted by molar-refractivity contribution is 6.05. The number of halogens is 3. The van der Waals surface area contributed by atoms with Crippen LogP contribution >= 0.6 is 0 Å². The molecule has 9 heteroatoms. The Morgan fingerprint density at radius 3 is 2.06 bits per heavy atom. The van der Waals surface area contributed by atoms with E-state index < -0.39 is 29.7 Å². The van der Waals surface area contributed by atoms with Gasteiger partial charge in [-0.3, -0.25) is 14.4 Å². The van der Waals surface area contributed by atoms with Gasteiger partial charge in [-0.05, 0) is 74.5 Å². The molecule has 0 aromatic heterocycles. The van der Waals surface area contributed by atoms with E-state index in [1.54, 1.807) is 37.3 Å². The standard InChI is InChI=1S/C25H21F3N2O4/c1-15(31)17-9-11-22(12-10-17)34-16(2)23(32)29-20-7-3-5-18(13-20)24(33)30-21-8-4-6-19(14-21)25(26,27)28/h3-14,16H,1-2H3,(H,29,32)(H,30,33)/t16-/m0/s1. The van der Waals surface area contributed by atoms with Gasteiger partial charge in [-0.25, -0.2) is 0 Å². The molecule has 3 aromatic carbocycles. The van der Waals surface area contributed by atoms with Crippen LogP contribution in [0.1, 0.15) is 40.1 Å². The number of hydrogen-bond acceptors (Lipinski definition) is 4. The van der Waals surface area contributed by atoms with E-state index >= 15 is 0 Å². The second kappa shape index (κ2) is 10.2. The fourth-order valence-corrected chi connectivity index (χ4v) is 2.98. The second-order valence-corrected chi connectivity index (χ2v) is 7.44. The third kappa shape index (κ3) is 6.44. The molecule has 0 aliphatic heterocycles. The van der Waals surface area contributed by atoms with Gasteiger partial charge in [-0.2, -0.15) is 13.2 Å². The zero-order valence-corrected chi connectivity index (χ0v) is 18.3. The van der Waals surface area contributed by atoms with E-state index in [9.17, 15) is 27.6 Å². The number of anilines is 2. The van der Waals surface area contributed by atoms with Gasteiger partial charge in [-0.1, -0.05) is 12.1 Å². The maximum atomic E-state index is 12.9. The van der Waals surface area contributed by atoms with Crippen molar-refractivity contribution in [3.63, 3.8) is 0 Å². The van der Waals surface area contributed by atoms with E-state index in [0.717, 1.165) is 12.1 Å². The lowest BCUT2D eigenvalue weighted by molar-refractivity contribution is -0.137. The molecule has 0 aliphatic rings. The second-order valence-electron chi connectivity index (χ2n) is 7.44. The van der Waals surface area contributed by atoms with Gasteiger partial charge in [-0.15, -0.1) is 0 Å². The van der Waals surface area contributed by atoms with E-state index in [1.165, 1.54) is 37.3 Å². The molecular formula is C25H21F3N2O4. The molecule has 0 radical (unpaired) electrons. The highest BCUT2D eigenvalue weighted by atomic mass is 19.4. The van der Waals surface area contributed by atoms with Crippen molar-refractivity contribution in [2.45, 2.75) is 26.1 Å². The molecule has 0 heterocycles. The Morgan fingerprint density at radius 2 is 1.44 bits per heavy atom. The third-order valence-electron chi connectivity index (χ3n) is 4.78. The molecule has 2 N–H and O–H groups in total. The summed E-state index contributed by atoms with van der Waals surface area (Å²) in [7, 11) is 0. The number of nitrogens with one attached hydrogen (secondary N) is 2. The Hall–Kier alpha value is -4.14. The van der Waals surface area contributed by atoms with Crippen LogP contribution in [0.15, 0.2) is 72.8 Å². The van der Waals surface area contributed by atoms with Crippen molar-refractivity contribution >= 4 is 29.0 Å². The minimum atomic E-state index is -4.53. The number of amides is 2. The first-order chi connectivity index (χ1) is 16.0. The molecule has 0 fully saturated rings. The summed E-state index contributed by atoms with van der Waals surface area (Å²) in [5, 5.41) is 5.05. The molecule has 0 unspecified atom stereocenters. The van der Waals surface area contributed by atoms with E-state index in [2.05, 4.69) is 10.6 Å². The summed E-state index contributed by atoms with van der Waals surface area (Å²) in [4.78, 5) is 36.4. The molecule has 176 valence electrons. The topological polar surface area (TPSA) is 84.5 Å². The van der Waals surface area contributed by atoms with Gasteiger partial charge in [0.15, 0.2) is 11.9 Å². The number of carbonyl (C=O) groups excluding carboxylic acids is 3. The molecule has 34 heavy (non-hydrogen) atoms. The molecule has 3 rings (SSSR count). The molecule has 3 aromatic rings. The van der Waals surface area contributed by atoms with Crippen LogP contribution in [0, 0.1) is 0 Å². The van der Waals surface area contributed by atoms with Gasteiger partial charge in [0.25, 0.3) is 11.8 Å². The molecule has 0 saturated carbocycles. The summed E-state index contributed by atoms with van der Waals surface area (Å²) in [6, 6.07) is 16.6. The summed E-state index contributed by atoms with van der Waals surface area (Å²) in [5.74, 6) is -0.799. The Kier molecular flexibility index (Phi) is 7.35. The molecule has 0 bridgehead atoms. The Bertz CT molecular complexity index is 1210. The monoisotopic (exact) mass is 470 g/mol. The minimum absolute atomic E-state index is 0.00734. The minimum Gasteiger partial charge on any atom is -0.481 e. The predicted molar refractivity (Wildman–Crippen MR) is 121 cm³/mol. The summed E-state index contributed by atoms with van der Waals surface area (Å²) in [6.07, 6.45) is -5.41. The van der Waals surface area contributed by atoms with Crippen molar-refractivity contribution in [2.75, 3.05) is 10.6 Å². The fourth-order valence-electron chi connectivity index (χ4n) is 2.98. The highest BCUT2D eigenvalue weighted by Gasteiger charge is 2.30. The number of hydrogen-bond donors (Lipinski definition) is 2. The lowest BCUT2D eigenvalue weighted by Gasteiger charge is -2.15. The number of ether oxygens (including phenoxy) is 1. The largest absolute Gasteiger partial charge is 0.481 e. The first-order valence-corrected chi connectivity index (χ1v) is 10.2. The van der Waals surface area contributed by atoms with Crippen molar-refractivity contribution in [3.8, 4) is 5.75 Å². The smallest absolute Gasteiger partial charge is 0.416 e. The number of Topliss-reactive ketones (excluding diaryl/α,β-unsaturated/α-hetero) is 1. The maximum Gasteiger partial charge on any atom is 0.416 e. The van der Waals surface area contributed by atoms with Crippen LogP contribution in [-0.2, 0) is 11.0 Å². The molecule has 0 saturated heterocycles. The number of rotatable bonds is 7. The molecule has 2 amide bonds. The molecule has 0 aliphatic carbocycles.